The van der Waals surface area contributed by atoms with E-state index in [1.807, 2.05) is 20.8 Å². The molecule has 0 aliphatic heterocycles. The average molecular weight is 356 g/mol. The molecule has 1 saturated carbocycles. The van der Waals surface area contributed by atoms with Crippen LogP contribution in [0.25, 0.3) is 10.9 Å². The summed E-state index contributed by atoms with van der Waals surface area (Å²) in [6.07, 6.45) is 6.20. The van der Waals surface area contributed by atoms with Crippen LogP contribution in [0.15, 0.2) is 12.1 Å². The summed E-state index contributed by atoms with van der Waals surface area (Å²) >= 11 is 0. The van der Waals surface area contributed by atoms with E-state index in [1.165, 1.54) is 0 Å². The van der Waals surface area contributed by atoms with E-state index in [1.54, 1.807) is 4.90 Å². The minimum Gasteiger partial charge on any atom is -0.480 e. The van der Waals surface area contributed by atoms with Crippen LogP contribution in [0, 0.1) is 20.8 Å². The molecule has 5 nitrogen and oxygen atoms in total. The number of hydrogen-bond donors (Lipinski definition) is 2. The molecule has 2 aromatic rings. The highest BCUT2D eigenvalue weighted by molar-refractivity contribution is 6.02. The van der Waals surface area contributed by atoms with Gasteiger partial charge in [-0.25, -0.2) is 0 Å². The third-order valence-corrected chi connectivity index (χ3v) is 5.55. The number of carbonyl (C=O) groups is 2. The van der Waals surface area contributed by atoms with Crippen LogP contribution in [-0.4, -0.2) is 39.5 Å². The molecule has 0 radical (unpaired) electrons. The number of nitrogens with zero attached hydrogens (tertiary/aromatic N) is 1. The number of hydrogen-bond acceptors (Lipinski definition) is 2. The fraction of sp³-hybridized carbons (Fsp3) is 0.524. The van der Waals surface area contributed by atoms with E-state index in [0.29, 0.717) is 5.69 Å². The molecule has 3 rings (SSSR count). The molecule has 140 valence electrons. The molecule has 1 aliphatic carbocycles. The fourth-order valence-electron chi connectivity index (χ4n) is 4.22. The van der Waals surface area contributed by atoms with E-state index in [0.717, 1.165) is 66.1 Å². The van der Waals surface area contributed by atoms with Gasteiger partial charge in [0.15, 0.2) is 0 Å². The number of aryl methyl sites for hydroxylation is 3. The molecule has 26 heavy (non-hydrogen) atoms. The van der Waals surface area contributed by atoms with Gasteiger partial charge in [0.25, 0.3) is 5.91 Å². The number of nitrogens with one attached hydrogen (secondary N) is 1. The maximum Gasteiger partial charge on any atom is 0.323 e. The first-order valence-electron chi connectivity index (χ1n) is 9.50. The summed E-state index contributed by atoms with van der Waals surface area (Å²) in [6, 6.07) is 4.18. The molecule has 0 unspecified atom stereocenters. The van der Waals surface area contributed by atoms with Gasteiger partial charge in [-0.3, -0.25) is 9.59 Å². The van der Waals surface area contributed by atoms with Crippen molar-refractivity contribution < 1.29 is 14.7 Å². The fourth-order valence-corrected chi connectivity index (χ4v) is 4.22. The Morgan fingerprint density at radius 2 is 1.77 bits per heavy atom. The summed E-state index contributed by atoms with van der Waals surface area (Å²) in [4.78, 5) is 29.6. The molecular weight excluding hydrogens is 328 g/mol. The molecule has 1 aromatic carbocycles. The van der Waals surface area contributed by atoms with Crippen molar-refractivity contribution in [2.75, 3.05) is 6.54 Å². The number of aromatic nitrogens is 1. The zero-order valence-corrected chi connectivity index (χ0v) is 15.9. The van der Waals surface area contributed by atoms with Crippen molar-refractivity contribution >= 4 is 22.8 Å². The Kier molecular flexibility index (Phi) is 5.35. The monoisotopic (exact) mass is 356 g/mol. The predicted octanol–water partition coefficient (Wildman–Crippen LogP) is 4.34. The van der Waals surface area contributed by atoms with Gasteiger partial charge < -0.3 is 15.0 Å². The largest absolute Gasteiger partial charge is 0.480 e. The summed E-state index contributed by atoms with van der Waals surface area (Å²) in [5.41, 5.74) is 4.65. The lowest BCUT2D eigenvalue weighted by molar-refractivity contribution is -0.138. The van der Waals surface area contributed by atoms with E-state index < -0.39 is 5.97 Å². The van der Waals surface area contributed by atoms with Crippen LogP contribution < -0.4 is 0 Å². The number of carboxylic acids is 1. The Bertz CT molecular complexity index is 829. The molecule has 0 atom stereocenters. The zero-order valence-electron chi connectivity index (χ0n) is 15.9. The van der Waals surface area contributed by atoms with E-state index in [4.69, 9.17) is 0 Å². The minimum absolute atomic E-state index is 0.00902. The van der Waals surface area contributed by atoms with Gasteiger partial charge in [0.2, 0.25) is 0 Å². The topological polar surface area (TPSA) is 73.4 Å². The van der Waals surface area contributed by atoms with Crippen LogP contribution in [0.2, 0.25) is 0 Å². The molecule has 0 saturated heterocycles. The van der Waals surface area contributed by atoms with Crippen LogP contribution in [0.3, 0.4) is 0 Å². The molecule has 2 N–H and O–H groups in total. The van der Waals surface area contributed by atoms with Crippen molar-refractivity contribution in [3.63, 3.8) is 0 Å². The van der Waals surface area contributed by atoms with Gasteiger partial charge in [0.1, 0.15) is 12.2 Å². The quantitative estimate of drug-likeness (QED) is 0.800. The molecule has 1 aromatic heterocycles. The number of amides is 1. The van der Waals surface area contributed by atoms with Crippen molar-refractivity contribution in [1.82, 2.24) is 9.88 Å². The molecule has 0 bridgehead atoms. The average Bonchev–Trinajstić information content (AvgIpc) is 2.76. The SMILES string of the molecule is Cc1cc(C)c2[nH]c(C(=O)N(CC(=O)O)C3CCCCCC3)c(C)c2c1. The van der Waals surface area contributed by atoms with E-state index in [9.17, 15) is 14.7 Å². The zero-order chi connectivity index (χ0) is 18.8. The molecule has 1 fully saturated rings. The van der Waals surface area contributed by atoms with E-state index in [2.05, 4.69) is 17.1 Å². The van der Waals surface area contributed by atoms with Crippen LogP contribution in [-0.2, 0) is 4.79 Å². The van der Waals surface area contributed by atoms with Crippen molar-refractivity contribution in [3.05, 3.63) is 34.5 Å². The Morgan fingerprint density at radius 3 is 2.38 bits per heavy atom. The minimum atomic E-state index is -0.955. The van der Waals surface area contributed by atoms with Crippen molar-refractivity contribution in [3.8, 4) is 0 Å². The first-order valence-corrected chi connectivity index (χ1v) is 9.50. The van der Waals surface area contributed by atoms with E-state index >= 15 is 0 Å². The maximum atomic E-state index is 13.3. The van der Waals surface area contributed by atoms with Gasteiger partial charge in [-0.1, -0.05) is 37.3 Å². The summed E-state index contributed by atoms with van der Waals surface area (Å²) in [5, 5.41) is 10.4. The lowest BCUT2D eigenvalue weighted by Gasteiger charge is -2.29. The molecular formula is C21H28N2O3. The highest BCUT2D eigenvalue weighted by atomic mass is 16.4. The van der Waals surface area contributed by atoms with Crippen LogP contribution >= 0.6 is 0 Å². The van der Waals surface area contributed by atoms with Gasteiger partial charge in [-0.05, 0) is 50.8 Å². The Labute approximate surface area is 154 Å². The van der Waals surface area contributed by atoms with Gasteiger partial charge >= 0.3 is 5.97 Å². The van der Waals surface area contributed by atoms with Gasteiger partial charge in [0.05, 0.1) is 0 Å². The molecule has 1 aliphatic rings. The second kappa shape index (κ2) is 7.52. The van der Waals surface area contributed by atoms with Crippen molar-refractivity contribution in [1.29, 1.82) is 0 Å². The molecule has 1 heterocycles. The second-order valence-corrected chi connectivity index (χ2v) is 7.60. The van der Waals surface area contributed by atoms with Crippen molar-refractivity contribution in [2.24, 2.45) is 0 Å². The highest BCUT2D eigenvalue weighted by Crippen LogP contribution is 2.29. The third kappa shape index (κ3) is 3.62. The van der Waals surface area contributed by atoms with Crippen LogP contribution in [0.4, 0.5) is 0 Å². The number of carboxylic acid groups (broad SMARTS) is 1. The van der Waals surface area contributed by atoms with Crippen LogP contribution in [0.1, 0.15) is 65.7 Å². The van der Waals surface area contributed by atoms with Gasteiger partial charge in [-0.2, -0.15) is 0 Å². The Hall–Kier alpha value is -2.30. The smallest absolute Gasteiger partial charge is 0.323 e. The number of carbonyl (C=O) groups excluding carboxylic acids is 1. The predicted molar refractivity (Wildman–Crippen MR) is 103 cm³/mol. The Morgan fingerprint density at radius 1 is 1.12 bits per heavy atom. The highest BCUT2D eigenvalue weighted by Gasteiger charge is 2.29. The molecule has 0 spiro atoms. The van der Waals surface area contributed by atoms with Crippen LogP contribution in [0.5, 0.6) is 0 Å². The number of H-pyrrole nitrogens is 1. The lowest BCUT2D eigenvalue weighted by Crippen LogP contribution is -2.43. The van der Waals surface area contributed by atoms with Gasteiger partial charge in [-0.15, -0.1) is 0 Å². The molecule has 5 heteroatoms. The number of aliphatic carboxylic acids is 1. The maximum absolute atomic E-state index is 13.3. The number of rotatable bonds is 4. The number of benzene rings is 1. The van der Waals surface area contributed by atoms with E-state index in [-0.39, 0.29) is 18.5 Å². The summed E-state index contributed by atoms with van der Waals surface area (Å²) < 4.78 is 0. The first-order chi connectivity index (χ1) is 12.4. The normalized spacial score (nSPS) is 15.8. The standard InChI is InChI=1S/C21H28N2O3/c1-13-10-14(2)19-17(11-13)15(3)20(22-19)21(26)23(12-18(24)25)16-8-6-4-5-7-9-16/h10-11,16,22H,4-9,12H2,1-3H3,(H,24,25). The third-order valence-electron chi connectivity index (χ3n) is 5.55. The molecule has 1 amide bonds. The van der Waals surface area contributed by atoms with Gasteiger partial charge in [0, 0.05) is 16.9 Å². The summed E-state index contributed by atoms with van der Waals surface area (Å²) in [7, 11) is 0. The lowest BCUT2D eigenvalue weighted by atomic mass is 10.0. The second-order valence-electron chi connectivity index (χ2n) is 7.60. The number of fused-ring (bicyclic) bond motifs is 1. The first kappa shape index (κ1) is 18.5. The Balaban J connectivity index is 2.00. The summed E-state index contributed by atoms with van der Waals surface area (Å²) in [5.74, 6) is -1.14. The summed E-state index contributed by atoms with van der Waals surface area (Å²) in [6.45, 7) is 5.77. The van der Waals surface area contributed by atoms with Crippen molar-refractivity contribution in [2.45, 2.75) is 65.3 Å². The number of aromatic amines is 1.